The number of nitrogens with zero attached hydrogens (tertiary/aromatic N) is 5. The van der Waals surface area contributed by atoms with Gasteiger partial charge in [0.2, 0.25) is 11.0 Å². The summed E-state index contributed by atoms with van der Waals surface area (Å²) in [4.78, 5) is 8.97. The Morgan fingerprint density at radius 2 is 1.67 bits per heavy atom. The van der Waals surface area contributed by atoms with Crippen LogP contribution in [-0.2, 0) is 0 Å². The molecule has 30 heavy (non-hydrogen) atoms. The van der Waals surface area contributed by atoms with Gasteiger partial charge in [0, 0.05) is 17.1 Å². The number of hydrazone groups is 1. The van der Waals surface area contributed by atoms with Gasteiger partial charge in [0.25, 0.3) is 0 Å². The normalized spacial score (nSPS) is 12.1. The smallest absolute Gasteiger partial charge is 0.231 e. The van der Waals surface area contributed by atoms with E-state index >= 15 is 0 Å². The van der Waals surface area contributed by atoms with E-state index in [9.17, 15) is 0 Å². The number of hydrogen-bond acceptors (Lipinski definition) is 6. The van der Waals surface area contributed by atoms with Crippen molar-refractivity contribution in [1.82, 2.24) is 9.97 Å². The van der Waals surface area contributed by atoms with Gasteiger partial charge in [-0.25, -0.2) is 4.98 Å². The molecule has 2 heterocycles. The standard InChI is InChI=1S/C23H16N6S/c1-2-8-17(9-3-1)22(28-29-23-25-18-12-4-5-14-20(18)30-23)27-26-19-13-6-10-16-11-7-15-24-21(16)19/h1-15,26H. The second-order valence-electron chi connectivity index (χ2n) is 6.46. The highest BCUT2D eigenvalue weighted by atomic mass is 32.1. The summed E-state index contributed by atoms with van der Waals surface area (Å²) in [6.07, 6.45) is 1.77. The fourth-order valence-corrected chi connectivity index (χ4v) is 3.82. The maximum Gasteiger partial charge on any atom is 0.231 e. The van der Waals surface area contributed by atoms with Crippen molar-refractivity contribution < 1.29 is 0 Å². The van der Waals surface area contributed by atoms with Crippen molar-refractivity contribution >= 4 is 49.1 Å². The van der Waals surface area contributed by atoms with Crippen molar-refractivity contribution in [2.75, 3.05) is 5.43 Å². The summed E-state index contributed by atoms with van der Waals surface area (Å²) in [5.74, 6) is 0.461. The fraction of sp³-hybridized carbons (Fsp3) is 0. The number of pyridine rings is 1. The van der Waals surface area contributed by atoms with Crippen LogP contribution in [0.4, 0.5) is 10.8 Å². The second-order valence-corrected chi connectivity index (χ2v) is 7.47. The van der Waals surface area contributed by atoms with Gasteiger partial charge in [-0.15, -0.1) is 10.2 Å². The number of rotatable bonds is 4. The van der Waals surface area contributed by atoms with Crippen LogP contribution in [0.15, 0.2) is 106 Å². The Bertz CT molecular complexity index is 1340. The van der Waals surface area contributed by atoms with Crippen molar-refractivity contribution in [2.45, 2.75) is 0 Å². The lowest BCUT2D eigenvalue weighted by molar-refractivity contribution is 1.21. The fourth-order valence-electron chi connectivity index (χ4n) is 3.03. The number of anilines is 1. The molecule has 6 nitrogen and oxygen atoms in total. The highest BCUT2D eigenvalue weighted by molar-refractivity contribution is 7.21. The maximum atomic E-state index is 4.53. The summed E-state index contributed by atoms with van der Waals surface area (Å²) in [5.41, 5.74) is 6.51. The zero-order chi connectivity index (χ0) is 20.2. The molecule has 2 aromatic heterocycles. The van der Waals surface area contributed by atoms with Crippen molar-refractivity contribution in [3.63, 3.8) is 0 Å². The summed E-state index contributed by atoms with van der Waals surface area (Å²) in [7, 11) is 0. The molecule has 5 rings (SSSR count). The quantitative estimate of drug-likeness (QED) is 0.162. The SMILES string of the molecule is c1ccc(C(N=Nc2nc3ccccc3s2)=NNc2cccc3cccnc23)cc1. The number of hydrogen-bond donors (Lipinski definition) is 1. The maximum absolute atomic E-state index is 4.53. The Kier molecular flexibility index (Phi) is 4.93. The topological polar surface area (TPSA) is 74.9 Å². The number of amidine groups is 1. The summed E-state index contributed by atoms with van der Waals surface area (Å²) >= 11 is 1.49. The average molecular weight is 408 g/mol. The molecule has 0 unspecified atom stereocenters. The molecule has 0 saturated heterocycles. The van der Waals surface area contributed by atoms with Gasteiger partial charge in [0.05, 0.1) is 21.4 Å². The number of azo groups is 1. The molecule has 0 spiro atoms. The molecule has 0 saturated carbocycles. The third-order valence-electron chi connectivity index (χ3n) is 4.46. The number of thiazole rings is 1. The van der Waals surface area contributed by atoms with Gasteiger partial charge in [-0.3, -0.25) is 10.4 Å². The molecule has 0 aliphatic carbocycles. The first-order chi connectivity index (χ1) is 14.9. The zero-order valence-corrected chi connectivity index (χ0v) is 16.6. The van der Waals surface area contributed by atoms with Crippen molar-refractivity contribution in [3.05, 3.63) is 96.7 Å². The number of nitrogens with one attached hydrogen (secondary N) is 1. The molecule has 3 aromatic carbocycles. The van der Waals surface area contributed by atoms with Gasteiger partial charge in [-0.1, -0.05) is 72.0 Å². The van der Waals surface area contributed by atoms with Crippen LogP contribution in [0.1, 0.15) is 5.56 Å². The van der Waals surface area contributed by atoms with Crippen LogP contribution < -0.4 is 5.43 Å². The molecule has 144 valence electrons. The number of benzene rings is 3. The predicted octanol–water partition coefficient (Wildman–Crippen LogP) is 6.40. The minimum Gasteiger partial charge on any atom is -0.274 e. The van der Waals surface area contributed by atoms with Gasteiger partial charge >= 0.3 is 0 Å². The van der Waals surface area contributed by atoms with Crippen LogP contribution >= 0.6 is 11.3 Å². The Balaban J connectivity index is 1.50. The van der Waals surface area contributed by atoms with Crippen LogP contribution in [0.5, 0.6) is 0 Å². The lowest BCUT2D eigenvalue weighted by Gasteiger charge is -2.06. The third-order valence-corrected chi connectivity index (χ3v) is 5.38. The summed E-state index contributed by atoms with van der Waals surface area (Å²) < 4.78 is 1.07. The van der Waals surface area contributed by atoms with Crippen LogP contribution in [0.3, 0.4) is 0 Å². The van der Waals surface area contributed by atoms with Crippen molar-refractivity contribution in [2.24, 2.45) is 15.3 Å². The Morgan fingerprint density at radius 1 is 0.833 bits per heavy atom. The van der Waals surface area contributed by atoms with E-state index in [0.717, 1.165) is 32.4 Å². The van der Waals surface area contributed by atoms with Crippen LogP contribution in [0.2, 0.25) is 0 Å². The van der Waals surface area contributed by atoms with Crippen molar-refractivity contribution in [3.8, 4) is 0 Å². The molecule has 1 N–H and O–H groups in total. The first-order valence-corrected chi connectivity index (χ1v) is 10.2. The summed E-state index contributed by atoms with van der Waals surface area (Å²) in [5, 5.41) is 14.9. The lowest BCUT2D eigenvalue weighted by Crippen LogP contribution is -2.01. The minimum absolute atomic E-state index is 0.461. The Hall–Kier alpha value is -3.97. The highest BCUT2D eigenvalue weighted by Gasteiger charge is 2.06. The first-order valence-electron chi connectivity index (χ1n) is 9.37. The van der Waals surface area contributed by atoms with Crippen LogP contribution in [0.25, 0.3) is 21.1 Å². The molecular formula is C23H16N6S. The lowest BCUT2D eigenvalue weighted by atomic mass is 10.2. The Morgan fingerprint density at radius 3 is 2.57 bits per heavy atom. The molecule has 0 bridgehead atoms. The van der Waals surface area contributed by atoms with Gasteiger partial charge in [0.1, 0.15) is 0 Å². The van der Waals surface area contributed by atoms with Crippen molar-refractivity contribution in [1.29, 1.82) is 0 Å². The van der Waals surface area contributed by atoms with E-state index in [4.69, 9.17) is 0 Å². The van der Waals surface area contributed by atoms with Gasteiger partial charge in [0.15, 0.2) is 0 Å². The Labute approximate surface area is 176 Å². The monoisotopic (exact) mass is 408 g/mol. The molecule has 0 atom stereocenters. The van der Waals surface area contributed by atoms with E-state index in [1.165, 1.54) is 11.3 Å². The molecule has 0 aliphatic heterocycles. The number of para-hydroxylation sites is 2. The van der Waals surface area contributed by atoms with E-state index in [1.807, 2.05) is 84.9 Å². The van der Waals surface area contributed by atoms with Crippen LogP contribution in [0, 0.1) is 0 Å². The summed E-state index contributed by atoms with van der Waals surface area (Å²) in [6.45, 7) is 0. The van der Waals surface area contributed by atoms with E-state index in [2.05, 4.69) is 30.7 Å². The molecular weight excluding hydrogens is 392 g/mol. The zero-order valence-electron chi connectivity index (χ0n) is 15.8. The van der Waals surface area contributed by atoms with Gasteiger partial charge in [-0.05, 0) is 24.3 Å². The van der Waals surface area contributed by atoms with E-state index < -0.39 is 0 Å². The molecule has 7 heteroatoms. The molecule has 0 aliphatic rings. The average Bonchev–Trinajstić information content (AvgIpc) is 3.23. The molecule has 0 radical (unpaired) electrons. The number of fused-ring (bicyclic) bond motifs is 2. The van der Waals surface area contributed by atoms with Gasteiger partial charge in [-0.2, -0.15) is 5.10 Å². The van der Waals surface area contributed by atoms with E-state index in [0.29, 0.717) is 11.0 Å². The van der Waals surface area contributed by atoms with E-state index in [-0.39, 0.29) is 0 Å². The van der Waals surface area contributed by atoms with Gasteiger partial charge < -0.3 is 0 Å². The first kappa shape index (κ1) is 18.1. The van der Waals surface area contributed by atoms with Crippen LogP contribution in [-0.4, -0.2) is 15.8 Å². The second kappa shape index (κ2) is 8.18. The third kappa shape index (κ3) is 3.78. The highest BCUT2D eigenvalue weighted by Crippen LogP contribution is 2.28. The molecule has 5 aromatic rings. The number of aromatic nitrogens is 2. The predicted molar refractivity (Wildman–Crippen MR) is 122 cm³/mol. The van der Waals surface area contributed by atoms with E-state index in [1.54, 1.807) is 6.20 Å². The minimum atomic E-state index is 0.461. The molecule has 0 amide bonds. The largest absolute Gasteiger partial charge is 0.274 e. The summed E-state index contributed by atoms with van der Waals surface area (Å²) in [6, 6.07) is 27.5. The molecule has 0 fully saturated rings.